The lowest BCUT2D eigenvalue weighted by Crippen LogP contribution is -2.42. The highest BCUT2D eigenvalue weighted by Gasteiger charge is 2.36. The molecule has 6 nitrogen and oxygen atoms in total. The van der Waals surface area contributed by atoms with E-state index in [0.29, 0.717) is 23.5 Å². The summed E-state index contributed by atoms with van der Waals surface area (Å²) < 4.78 is 38.9. The summed E-state index contributed by atoms with van der Waals surface area (Å²) in [4.78, 5) is 15.3. The van der Waals surface area contributed by atoms with Crippen molar-refractivity contribution >= 4 is 23.0 Å². The number of thiazole rings is 1. The molecule has 0 unspecified atom stereocenters. The van der Waals surface area contributed by atoms with Crippen molar-refractivity contribution in [2.75, 3.05) is 25.0 Å². The standard InChI is InChI=1S/C24H28F3N5OS/c1-3-4-9-32-10-6-23(33,7-11-32)21-29-15-19(34-21)17-12-16(2)13-18(14-17)30-22-28-8-5-20(31-22)24(25,26)27/h5,8,12-15,33H,3-4,6-7,9-11H2,1-2H3,(H,28,30,31). The minimum Gasteiger partial charge on any atom is -0.383 e. The number of hydrogen-bond acceptors (Lipinski definition) is 7. The molecule has 1 fully saturated rings. The molecule has 0 spiro atoms. The van der Waals surface area contributed by atoms with Crippen LogP contribution < -0.4 is 5.32 Å². The number of alkyl halides is 3. The molecule has 34 heavy (non-hydrogen) atoms. The zero-order valence-corrected chi connectivity index (χ0v) is 20.0. The van der Waals surface area contributed by atoms with Crippen molar-refractivity contribution in [2.45, 2.75) is 51.3 Å². The number of rotatable bonds is 7. The molecule has 1 aliphatic heterocycles. The highest BCUT2D eigenvalue weighted by molar-refractivity contribution is 7.15. The van der Waals surface area contributed by atoms with E-state index >= 15 is 0 Å². The lowest BCUT2D eigenvalue weighted by atomic mass is 9.92. The number of aromatic nitrogens is 3. The molecule has 3 aromatic rings. The Kier molecular flexibility index (Phi) is 7.20. The summed E-state index contributed by atoms with van der Waals surface area (Å²) in [5.41, 5.74) is 0.431. The first-order valence-corrected chi connectivity index (χ1v) is 12.2. The lowest BCUT2D eigenvalue weighted by molar-refractivity contribution is -0.141. The van der Waals surface area contributed by atoms with E-state index < -0.39 is 17.5 Å². The number of hydrogen-bond donors (Lipinski definition) is 2. The molecule has 1 saturated heterocycles. The van der Waals surface area contributed by atoms with Gasteiger partial charge >= 0.3 is 6.18 Å². The van der Waals surface area contributed by atoms with Crippen LogP contribution in [0.3, 0.4) is 0 Å². The first-order valence-electron chi connectivity index (χ1n) is 11.4. The van der Waals surface area contributed by atoms with Crippen LogP contribution in [-0.2, 0) is 11.8 Å². The fourth-order valence-electron chi connectivity index (χ4n) is 4.07. The van der Waals surface area contributed by atoms with Crippen LogP contribution in [0.5, 0.6) is 0 Å². The highest BCUT2D eigenvalue weighted by atomic mass is 32.1. The van der Waals surface area contributed by atoms with Gasteiger partial charge in [-0.25, -0.2) is 15.0 Å². The Bertz CT molecular complexity index is 1130. The third kappa shape index (κ3) is 5.73. The molecule has 182 valence electrons. The first kappa shape index (κ1) is 24.6. The second-order valence-electron chi connectivity index (χ2n) is 8.73. The van der Waals surface area contributed by atoms with E-state index in [-0.39, 0.29) is 5.95 Å². The summed E-state index contributed by atoms with van der Waals surface area (Å²) in [6.07, 6.45) is 1.91. The maximum absolute atomic E-state index is 13.0. The predicted molar refractivity (Wildman–Crippen MR) is 127 cm³/mol. The number of nitrogens with zero attached hydrogens (tertiary/aromatic N) is 4. The average molecular weight is 492 g/mol. The third-order valence-corrected chi connectivity index (χ3v) is 7.22. The topological polar surface area (TPSA) is 74.2 Å². The average Bonchev–Trinajstić information content (AvgIpc) is 3.29. The number of benzene rings is 1. The monoisotopic (exact) mass is 491 g/mol. The van der Waals surface area contributed by atoms with Gasteiger partial charge in [0.25, 0.3) is 0 Å². The number of anilines is 2. The predicted octanol–water partition coefficient (Wildman–Crippen LogP) is 5.75. The quantitative estimate of drug-likeness (QED) is 0.438. The molecule has 0 saturated carbocycles. The van der Waals surface area contributed by atoms with Gasteiger partial charge < -0.3 is 15.3 Å². The summed E-state index contributed by atoms with van der Waals surface area (Å²) in [7, 11) is 0. The van der Waals surface area contributed by atoms with Gasteiger partial charge in [0.1, 0.15) is 16.3 Å². The van der Waals surface area contributed by atoms with Gasteiger partial charge in [-0.2, -0.15) is 13.2 Å². The first-order chi connectivity index (χ1) is 16.2. The molecule has 1 aliphatic rings. The van der Waals surface area contributed by atoms with Crippen LogP contribution >= 0.6 is 11.3 Å². The van der Waals surface area contributed by atoms with Crippen molar-refractivity contribution in [1.29, 1.82) is 0 Å². The van der Waals surface area contributed by atoms with Crippen LogP contribution in [0.25, 0.3) is 10.4 Å². The number of piperidine rings is 1. The van der Waals surface area contributed by atoms with Crippen molar-refractivity contribution < 1.29 is 18.3 Å². The normalized spacial score (nSPS) is 16.5. The van der Waals surface area contributed by atoms with Gasteiger partial charge in [0.15, 0.2) is 0 Å². The van der Waals surface area contributed by atoms with Gasteiger partial charge in [0, 0.05) is 31.2 Å². The Hall–Kier alpha value is -2.56. The Balaban J connectivity index is 1.51. The SMILES string of the molecule is CCCCN1CCC(O)(c2ncc(-c3cc(C)cc(Nc4nccc(C(F)(F)F)n4)c3)s2)CC1. The molecule has 0 atom stereocenters. The Morgan fingerprint density at radius 1 is 1.18 bits per heavy atom. The van der Waals surface area contributed by atoms with Crippen molar-refractivity contribution in [2.24, 2.45) is 0 Å². The third-order valence-electron chi connectivity index (χ3n) is 5.98. The van der Waals surface area contributed by atoms with E-state index in [4.69, 9.17) is 0 Å². The van der Waals surface area contributed by atoms with Gasteiger partial charge in [0.05, 0.1) is 4.88 Å². The largest absolute Gasteiger partial charge is 0.433 e. The summed E-state index contributed by atoms with van der Waals surface area (Å²) in [5.74, 6) is -0.125. The van der Waals surface area contributed by atoms with Crippen LogP contribution in [-0.4, -0.2) is 44.6 Å². The molecule has 10 heteroatoms. The van der Waals surface area contributed by atoms with Crippen molar-refractivity contribution in [1.82, 2.24) is 19.9 Å². The van der Waals surface area contributed by atoms with Crippen LogP contribution in [0.4, 0.5) is 24.8 Å². The molecular formula is C24H28F3N5OS. The van der Waals surface area contributed by atoms with E-state index in [2.05, 4.69) is 32.1 Å². The fourth-order valence-corrected chi connectivity index (χ4v) is 5.12. The maximum atomic E-state index is 13.0. The number of aryl methyl sites for hydroxylation is 1. The number of aliphatic hydroxyl groups is 1. The second kappa shape index (κ2) is 9.97. The zero-order valence-electron chi connectivity index (χ0n) is 19.2. The lowest BCUT2D eigenvalue weighted by Gasteiger charge is -2.36. The Morgan fingerprint density at radius 3 is 2.65 bits per heavy atom. The fraction of sp³-hybridized carbons (Fsp3) is 0.458. The van der Waals surface area contributed by atoms with Gasteiger partial charge in [-0.15, -0.1) is 11.3 Å². The molecule has 0 aliphatic carbocycles. The van der Waals surface area contributed by atoms with E-state index in [1.807, 2.05) is 25.1 Å². The van der Waals surface area contributed by atoms with Gasteiger partial charge in [0.2, 0.25) is 5.95 Å². The number of likely N-dealkylation sites (tertiary alicyclic amines) is 1. The van der Waals surface area contributed by atoms with Crippen molar-refractivity contribution in [3.05, 3.63) is 52.9 Å². The Morgan fingerprint density at radius 2 is 1.94 bits per heavy atom. The van der Waals surface area contributed by atoms with Gasteiger partial charge in [-0.05, 0) is 62.1 Å². The second-order valence-corrected chi connectivity index (χ2v) is 9.76. The minimum absolute atomic E-state index is 0.125. The van der Waals surface area contributed by atoms with Crippen molar-refractivity contribution in [3.8, 4) is 10.4 Å². The molecule has 2 aromatic heterocycles. The van der Waals surface area contributed by atoms with Crippen LogP contribution in [0, 0.1) is 6.92 Å². The number of nitrogens with one attached hydrogen (secondary N) is 1. The maximum Gasteiger partial charge on any atom is 0.433 e. The molecule has 2 N–H and O–H groups in total. The molecule has 0 radical (unpaired) electrons. The van der Waals surface area contributed by atoms with E-state index in [0.717, 1.165) is 60.7 Å². The molecule has 4 rings (SSSR count). The molecule has 1 aromatic carbocycles. The van der Waals surface area contributed by atoms with Crippen LogP contribution in [0.15, 0.2) is 36.7 Å². The Labute approximate surface area is 200 Å². The zero-order chi connectivity index (χ0) is 24.3. The molecule has 0 amide bonds. The van der Waals surface area contributed by atoms with E-state index in [9.17, 15) is 18.3 Å². The smallest absolute Gasteiger partial charge is 0.383 e. The van der Waals surface area contributed by atoms with E-state index in [1.54, 1.807) is 6.20 Å². The summed E-state index contributed by atoms with van der Waals surface area (Å²) in [6.45, 7) is 6.84. The molecule has 0 bridgehead atoms. The van der Waals surface area contributed by atoms with Crippen molar-refractivity contribution in [3.63, 3.8) is 0 Å². The number of unbranched alkanes of at least 4 members (excludes halogenated alkanes) is 1. The minimum atomic E-state index is -4.54. The van der Waals surface area contributed by atoms with E-state index in [1.165, 1.54) is 11.3 Å². The van der Waals surface area contributed by atoms with Crippen LogP contribution in [0.1, 0.15) is 48.9 Å². The molecule has 3 heterocycles. The molecular weight excluding hydrogens is 463 g/mol. The highest BCUT2D eigenvalue weighted by Crippen LogP contribution is 2.39. The van der Waals surface area contributed by atoms with Gasteiger partial charge in [-0.3, -0.25) is 0 Å². The summed E-state index contributed by atoms with van der Waals surface area (Å²) >= 11 is 1.45. The number of halogens is 3. The summed E-state index contributed by atoms with van der Waals surface area (Å²) in [6, 6.07) is 6.46. The van der Waals surface area contributed by atoms with Crippen LogP contribution in [0.2, 0.25) is 0 Å². The summed E-state index contributed by atoms with van der Waals surface area (Å²) in [5, 5.41) is 14.8. The van der Waals surface area contributed by atoms with Gasteiger partial charge in [-0.1, -0.05) is 19.4 Å².